The topological polar surface area (TPSA) is 22.1 Å². The van der Waals surface area contributed by atoms with Crippen molar-refractivity contribution < 1.29 is 4.74 Å². The molecule has 0 N–H and O–H groups in total. The number of hydrogen-bond donors (Lipinski definition) is 0. The van der Waals surface area contributed by atoms with Crippen molar-refractivity contribution in [1.29, 1.82) is 0 Å². The number of rotatable bonds is 6. The van der Waals surface area contributed by atoms with E-state index in [-0.39, 0.29) is 6.10 Å². The summed E-state index contributed by atoms with van der Waals surface area (Å²) in [4.78, 5) is 4.44. The summed E-state index contributed by atoms with van der Waals surface area (Å²) in [6.45, 7) is 7.21. The van der Waals surface area contributed by atoms with Crippen molar-refractivity contribution in [2.75, 3.05) is 6.61 Å². The van der Waals surface area contributed by atoms with Crippen LogP contribution in [0.1, 0.15) is 44.0 Å². The molecule has 86 valence electrons. The number of ether oxygens (including phenoxy) is 1. The molecule has 0 saturated heterocycles. The first-order valence-corrected chi connectivity index (χ1v) is 6.70. The molecular weight excluding hydrogens is 230 g/mol. The normalized spacial score (nSPS) is 13.4. The Morgan fingerprint density at radius 1 is 1.53 bits per heavy atom. The lowest BCUT2D eigenvalue weighted by molar-refractivity contribution is 0.0324. The van der Waals surface area contributed by atoms with Gasteiger partial charge in [0.2, 0.25) is 0 Å². The average Bonchev–Trinajstić information content (AvgIpc) is 2.67. The molecule has 15 heavy (non-hydrogen) atoms. The van der Waals surface area contributed by atoms with Crippen molar-refractivity contribution in [2.24, 2.45) is 5.92 Å². The maximum absolute atomic E-state index is 5.80. The van der Waals surface area contributed by atoms with Gasteiger partial charge in [-0.25, -0.2) is 4.98 Å². The molecule has 1 aromatic heterocycles. The van der Waals surface area contributed by atoms with E-state index in [4.69, 9.17) is 16.3 Å². The molecule has 1 heterocycles. The highest BCUT2D eigenvalue weighted by molar-refractivity contribution is 7.09. The van der Waals surface area contributed by atoms with Crippen molar-refractivity contribution in [2.45, 2.75) is 39.2 Å². The van der Waals surface area contributed by atoms with E-state index in [9.17, 15) is 0 Å². The van der Waals surface area contributed by atoms with Crippen LogP contribution in [-0.4, -0.2) is 11.6 Å². The SMILES string of the molecule is CCC(OCC(C)C)c1nc(CCl)cs1. The first kappa shape index (κ1) is 12.9. The Bertz CT molecular complexity index is 288. The summed E-state index contributed by atoms with van der Waals surface area (Å²) < 4.78 is 5.80. The van der Waals surface area contributed by atoms with Gasteiger partial charge in [0.05, 0.1) is 11.6 Å². The van der Waals surface area contributed by atoms with Gasteiger partial charge in [0.25, 0.3) is 0 Å². The van der Waals surface area contributed by atoms with Gasteiger partial charge in [-0.1, -0.05) is 20.8 Å². The Morgan fingerprint density at radius 2 is 2.27 bits per heavy atom. The predicted molar refractivity (Wildman–Crippen MR) is 65.5 cm³/mol. The molecule has 2 nitrogen and oxygen atoms in total. The van der Waals surface area contributed by atoms with E-state index in [1.54, 1.807) is 11.3 Å². The third kappa shape index (κ3) is 4.09. The number of halogens is 1. The van der Waals surface area contributed by atoms with Gasteiger partial charge < -0.3 is 4.74 Å². The van der Waals surface area contributed by atoms with Crippen LogP contribution in [0.3, 0.4) is 0 Å². The lowest BCUT2D eigenvalue weighted by Gasteiger charge is -2.15. The highest BCUT2D eigenvalue weighted by atomic mass is 35.5. The largest absolute Gasteiger partial charge is 0.371 e. The molecular formula is C11H18ClNOS. The third-order valence-electron chi connectivity index (χ3n) is 1.98. The highest BCUT2D eigenvalue weighted by Gasteiger charge is 2.14. The van der Waals surface area contributed by atoms with Gasteiger partial charge in [-0.3, -0.25) is 0 Å². The Balaban J connectivity index is 2.57. The minimum absolute atomic E-state index is 0.134. The summed E-state index contributed by atoms with van der Waals surface area (Å²) >= 11 is 7.36. The molecule has 0 bridgehead atoms. The quantitative estimate of drug-likeness (QED) is 0.709. The van der Waals surface area contributed by atoms with Crippen molar-refractivity contribution in [3.05, 3.63) is 16.1 Å². The van der Waals surface area contributed by atoms with E-state index in [1.165, 1.54) is 0 Å². The van der Waals surface area contributed by atoms with E-state index in [0.717, 1.165) is 23.7 Å². The second kappa shape index (κ2) is 6.46. The fourth-order valence-electron chi connectivity index (χ4n) is 1.20. The maximum atomic E-state index is 5.80. The Morgan fingerprint density at radius 3 is 2.73 bits per heavy atom. The summed E-state index contributed by atoms with van der Waals surface area (Å²) in [6, 6.07) is 0. The number of aromatic nitrogens is 1. The van der Waals surface area contributed by atoms with E-state index in [1.807, 2.05) is 5.38 Å². The van der Waals surface area contributed by atoms with Gasteiger partial charge in [-0.2, -0.15) is 0 Å². The molecule has 0 fully saturated rings. The molecule has 1 unspecified atom stereocenters. The molecule has 4 heteroatoms. The zero-order chi connectivity index (χ0) is 11.3. The van der Waals surface area contributed by atoms with E-state index >= 15 is 0 Å². The minimum Gasteiger partial charge on any atom is -0.371 e. The summed E-state index contributed by atoms with van der Waals surface area (Å²) in [5.41, 5.74) is 0.947. The standard InChI is InChI=1S/C11H18ClNOS/c1-4-10(14-6-8(2)3)11-13-9(5-12)7-15-11/h7-8,10H,4-6H2,1-3H3. The van der Waals surface area contributed by atoms with Gasteiger partial charge in [0.1, 0.15) is 11.1 Å². The summed E-state index contributed by atoms with van der Waals surface area (Å²) in [7, 11) is 0. The zero-order valence-electron chi connectivity index (χ0n) is 9.50. The lowest BCUT2D eigenvalue weighted by atomic mass is 10.2. The Labute approximate surface area is 101 Å². The molecule has 0 aliphatic rings. The molecule has 0 aliphatic carbocycles. The highest BCUT2D eigenvalue weighted by Crippen LogP contribution is 2.25. The van der Waals surface area contributed by atoms with Crippen molar-refractivity contribution in [1.82, 2.24) is 4.98 Å². The fraction of sp³-hybridized carbons (Fsp3) is 0.727. The molecule has 0 radical (unpaired) electrons. The average molecular weight is 248 g/mol. The molecule has 1 aromatic rings. The van der Waals surface area contributed by atoms with Crippen LogP contribution in [0.2, 0.25) is 0 Å². The molecule has 1 atom stereocenters. The Hall–Kier alpha value is -0.120. The van der Waals surface area contributed by atoms with Gasteiger partial charge in [-0.05, 0) is 12.3 Å². The van der Waals surface area contributed by atoms with Crippen LogP contribution in [0.5, 0.6) is 0 Å². The number of nitrogens with zero attached hydrogens (tertiary/aromatic N) is 1. The minimum atomic E-state index is 0.134. The van der Waals surface area contributed by atoms with Gasteiger partial charge in [0.15, 0.2) is 0 Å². The van der Waals surface area contributed by atoms with Gasteiger partial charge >= 0.3 is 0 Å². The lowest BCUT2D eigenvalue weighted by Crippen LogP contribution is -2.08. The predicted octanol–water partition coefficient (Wildman–Crippen LogP) is 4.01. The molecule has 0 amide bonds. The van der Waals surface area contributed by atoms with Crippen LogP contribution in [-0.2, 0) is 10.6 Å². The summed E-state index contributed by atoms with van der Waals surface area (Å²) in [5, 5.41) is 3.05. The van der Waals surface area contributed by atoms with E-state index in [0.29, 0.717) is 11.8 Å². The fourth-order valence-corrected chi connectivity index (χ4v) is 2.38. The maximum Gasteiger partial charge on any atom is 0.122 e. The van der Waals surface area contributed by atoms with Crippen molar-refractivity contribution >= 4 is 22.9 Å². The summed E-state index contributed by atoms with van der Waals surface area (Å²) in [5.74, 6) is 1.04. The molecule has 0 aliphatic heterocycles. The van der Waals surface area contributed by atoms with Gasteiger partial charge in [0, 0.05) is 12.0 Å². The Kier molecular flexibility index (Phi) is 5.58. The molecule has 0 aromatic carbocycles. The van der Waals surface area contributed by atoms with Crippen LogP contribution in [0.15, 0.2) is 5.38 Å². The summed E-state index contributed by atoms with van der Waals surface area (Å²) in [6.07, 6.45) is 1.09. The first-order chi connectivity index (χ1) is 7.17. The number of hydrogen-bond acceptors (Lipinski definition) is 3. The van der Waals surface area contributed by atoms with Gasteiger partial charge in [-0.15, -0.1) is 22.9 Å². The second-order valence-corrected chi connectivity index (χ2v) is 5.09. The van der Waals surface area contributed by atoms with Crippen molar-refractivity contribution in [3.8, 4) is 0 Å². The monoisotopic (exact) mass is 247 g/mol. The van der Waals surface area contributed by atoms with Crippen LogP contribution in [0.25, 0.3) is 0 Å². The number of alkyl halides is 1. The van der Waals surface area contributed by atoms with Crippen molar-refractivity contribution in [3.63, 3.8) is 0 Å². The molecule has 0 saturated carbocycles. The van der Waals surface area contributed by atoms with E-state index in [2.05, 4.69) is 25.8 Å². The first-order valence-electron chi connectivity index (χ1n) is 5.29. The van der Waals surface area contributed by atoms with E-state index < -0.39 is 0 Å². The van der Waals surface area contributed by atoms with Crippen LogP contribution >= 0.6 is 22.9 Å². The second-order valence-electron chi connectivity index (χ2n) is 3.93. The zero-order valence-corrected chi connectivity index (χ0v) is 11.1. The molecule has 1 rings (SSSR count). The smallest absolute Gasteiger partial charge is 0.122 e. The number of thiazole rings is 1. The van der Waals surface area contributed by atoms with Crippen LogP contribution in [0, 0.1) is 5.92 Å². The third-order valence-corrected chi connectivity index (χ3v) is 3.24. The molecule has 0 spiro atoms. The van der Waals surface area contributed by atoms with Crippen LogP contribution < -0.4 is 0 Å². The van der Waals surface area contributed by atoms with Crippen LogP contribution in [0.4, 0.5) is 0 Å².